The van der Waals surface area contributed by atoms with E-state index in [0.29, 0.717) is 18.0 Å². The standard InChI is InChI=1S/C20H23N5O3/c1-4-28-17-7-5-16(6-8-17)20(27)21-11-12-24-19(26)10-9-18(23-24)25-15(3)13-14(2)22-25/h5-10,13H,4,11-12H2,1-3H3,(H,21,27). The van der Waals surface area contributed by atoms with Gasteiger partial charge in [-0.2, -0.15) is 5.10 Å². The molecule has 8 heteroatoms. The first-order valence-electron chi connectivity index (χ1n) is 9.11. The highest BCUT2D eigenvalue weighted by Crippen LogP contribution is 2.12. The van der Waals surface area contributed by atoms with Crippen molar-refractivity contribution in [3.8, 4) is 11.6 Å². The number of aryl methyl sites for hydroxylation is 2. The predicted molar refractivity (Wildman–Crippen MR) is 105 cm³/mol. The molecule has 0 radical (unpaired) electrons. The number of nitrogens with one attached hydrogen (secondary N) is 1. The van der Waals surface area contributed by atoms with Gasteiger partial charge in [0.05, 0.1) is 18.8 Å². The van der Waals surface area contributed by atoms with Gasteiger partial charge >= 0.3 is 0 Å². The zero-order chi connectivity index (χ0) is 20.1. The van der Waals surface area contributed by atoms with Gasteiger partial charge in [0.25, 0.3) is 11.5 Å². The number of hydrogen-bond donors (Lipinski definition) is 1. The van der Waals surface area contributed by atoms with Gasteiger partial charge in [0.1, 0.15) is 5.75 Å². The lowest BCUT2D eigenvalue weighted by molar-refractivity contribution is 0.0951. The van der Waals surface area contributed by atoms with Crippen LogP contribution in [0.15, 0.2) is 47.3 Å². The van der Waals surface area contributed by atoms with Crippen LogP contribution in [0.4, 0.5) is 0 Å². The molecule has 0 bridgehead atoms. The molecular weight excluding hydrogens is 358 g/mol. The van der Waals surface area contributed by atoms with Gasteiger partial charge in [-0.15, -0.1) is 5.10 Å². The first kappa shape index (κ1) is 19.3. The minimum absolute atomic E-state index is 0.217. The lowest BCUT2D eigenvalue weighted by Crippen LogP contribution is -2.32. The van der Waals surface area contributed by atoms with Gasteiger partial charge in [-0.05, 0) is 57.2 Å². The minimum atomic E-state index is -0.236. The van der Waals surface area contributed by atoms with Crippen LogP contribution >= 0.6 is 0 Å². The second-order valence-corrected chi connectivity index (χ2v) is 6.31. The van der Waals surface area contributed by atoms with Crippen LogP contribution in [0.3, 0.4) is 0 Å². The van der Waals surface area contributed by atoms with E-state index < -0.39 is 0 Å². The summed E-state index contributed by atoms with van der Waals surface area (Å²) < 4.78 is 8.37. The monoisotopic (exact) mass is 381 g/mol. The summed E-state index contributed by atoms with van der Waals surface area (Å²) in [4.78, 5) is 24.3. The third-order valence-corrected chi connectivity index (χ3v) is 4.12. The molecule has 0 aliphatic heterocycles. The van der Waals surface area contributed by atoms with E-state index in [1.165, 1.54) is 10.7 Å². The van der Waals surface area contributed by atoms with E-state index in [-0.39, 0.29) is 24.6 Å². The highest BCUT2D eigenvalue weighted by Gasteiger charge is 2.09. The van der Waals surface area contributed by atoms with Crippen LogP contribution in [0.2, 0.25) is 0 Å². The molecule has 0 aliphatic carbocycles. The molecule has 0 atom stereocenters. The Kier molecular flexibility index (Phi) is 5.88. The van der Waals surface area contributed by atoms with Crippen molar-refractivity contribution in [2.75, 3.05) is 13.2 Å². The summed E-state index contributed by atoms with van der Waals surface area (Å²) in [6, 6.07) is 11.9. The van der Waals surface area contributed by atoms with Crippen LogP contribution < -0.4 is 15.6 Å². The highest BCUT2D eigenvalue weighted by molar-refractivity contribution is 5.94. The maximum Gasteiger partial charge on any atom is 0.266 e. The van der Waals surface area contributed by atoms with E-state index in [0.717, 1.165) is 17.1 Å². The van der Waals surface area contributed by atoms with Crippen LogP contribution in [0.25, 0.3) is 5.82 Å². The van der Waals surface area contributed by atoms with Crippen molar-refractivity contribution in [2.24, 2.45) is 0 Å². The van der Waals surface area contributed by atoms with Crippen molar-refractivity contribution in [2.45, 2.75) is 27.3 Å². The fourth-order valence-corrected chi connectivity index (χ4v) is 2.82. The summed E-state index contributed by atoms with van der Waals surface area (Å²) in [5.74, 6) is 1.06. The Morgan fingerprint density at radius 3 is 2.50 bits per heavy atom. The molecule has 0 aliphatic rings. The molecule has 1 amide bonds. The van der Waals surface area contributed by atoms with Crippen LogP contribution in [-0.4, -0.2) is 38.6 Å². The Hall–Kier alpha value is -3.42. The molecule has 0 spiro atoms. The van der Waals surface area contributed by atoms with E-state index >= 15 is 0 Å². The van der Waals surface area contributed by atoms with Gasteiger partial charge in [-0.25, -0.2) is 9.36 Å². The summed E-state index contributed by atoms with van der Waals surface area (Å²) in [5.41, 5.74) is 2.10. The molecule has 146 valence electrons. The van der Waals surface area contributed by atoms with E-state index in [1.807, 2.05) is 26.8 Å². The number of rotatable bonds is 7. The van der Waals surface area contributed by atoms with Gasteiger partial charge in [-0.1, -0.05) is 0 Å². The molecule has 3 rings (SSSR count). The van der Waals surface area contributed by atoms with Crippen molar-refractivity contribution >= 4 is 5.91 Å². The SMILES string of the molecule is CCOc1ccc(C(=O)NCCn2nc(-n3nc(C)cc3C)ccc2=O)cc1. The van der Waals surface area contributed by atoms with Crippen molar-refractivity contribution in [3.63, 3.8) is 0 Å². The Morgan fingerprint density at radius 2 is 1.86 bits per heavy atom. The number of nitrogens with zero attached hydrogens (tertiary/aromatic N) is 4. The molecule has 0 unspecified atom stereocenters. The second-order valence-electron chi connectivity index (χ2n) is 6.31. The third kappa shape index (κ3) is 4.46. The lowest BCUT2D eigenvalue weighted by Gasteiger charge is -2.09. The van der Waals surface area contributed by atoms with E-state index in [2.05, 4.69) is 15.5 Å². The summed E-state index contributed by atoms with van der Waals surface area (Å²) in [6.45, 7) is 6.84. The molecule has 1 aromatic carbocycles. The zero-order valence-electron chi connectivity index (χ0n) is 16.2. The zero-order valence-corrected chi connectivity index (χ0v) is 16.2. The normalized spacial score (nSPS) is 10.7. The fourth-order valence-electron chi connectivity index (χ4n) is 2.82. The average molecular weight is 381 g/mol. The maximum atomic E-state index is 12.3. The van der Waals surface area contributed by atoms with Gasteiger partial charge in [0, 0.05) is 23.9 Å². The largest absolute Gasteiger partial charge is 0.494 e. The molecule has 2 aromatic heterocycles. The molecule has 0 saturated carbocycles. The third-order valence-electron chi connectivity index (χ3n) is 4.12. The Balaban J connectivity index is 1.64. The van der Waals surface area contributed by atoms with Crippen LogP contribution in [0.1, 0.15) is 28.7 Å². The number of ether oxygens (including phenoxy) is 1. The van der Waals surface area contributed by atoms with E-state index in [4.69, 9.17) is 4.74 Å². The summed E-state index contributed by atoms with van der Waals surface area (Å²) in [5, 5.41) is 11.5. The second kappa shape index (κ2) is 8.51. The quantitative estimate of drug-likeness (QED) is 0.675. The van der Waals surface area contributed by atoms with Gasteiger partial charge in [0.15, 0.2) is 5.82 Å². The van der Waals surface area contributed by atoms with E-state index in [1.54, 1.807) is 35.0 Å². The summed E-state index contributed by atoms with van der Waals surface area (Å²) >= 11 is 0. The molecular formula is C20H23N5O3. The first-order valence-corrected chi connectivity index (χ1v) is 9.11. The first-order chi connectivity index (χ1) is 13.5. The summed E-state index contributed by atoms with van der Waals surface area (Å²) in [6.07, 6.45) is 0. The van der Waals surface area contributed by atoms with Gasteiger partial charge in [0.2, 0.25) is 0 Å². The van der Waals surface area contributed by atoms with Crippen molar-refractivity contribution in [1.29, 1.82) is 0 Å². The molecule has 3 aromatic rings. The molecule has 1 N–H and O–H groups in total. The Labute approximate surface area is 162 Å². The molecule has 0 saturated heterocycles. The summed E-state index contributed by atoms with van der Waals surface area (Å²) in [7, 11) is 0. The number of hydrogen-bond acceptors (Lipinski definition) is 5. The smallest absolute Gasteiger partial charge is 0.266 e. The number of aromatic nitrogens is 4. The van der Waals surface area contributed by atoms with Crippen molar-refractivity contribution in [1.82, 2.24) is 24.9 Å². The fraction of sp³-hybridized carbons (Fsp3) is 0.300. The minimum Gasteiger partial charge on any atom is -0.494 e. The van der Waals surface area contributed by atoms with Gasteiger partial charge in [-0.3, -0.25) is 9.59 Å². The Morgan fingerprint density at radius 1 is 1.11 bits per heavy atom. The number of amides is 1. The molecule has 0 fully saturated rings. The van der Waals surface area contributed by atoms with Crippen LogP contribution in [0, 0.1) is 13.8 Å². The van der Waals surface area contributed by atoms with Crippen LogP contribution in [-0.2, 0) is 6.54 Å². The maximum absolute atomic E-state index is 12.3. The van der Waals surface area contributed by atoms with Gasteiger partial charge < -0.3 is 10.1 Å². The number of carbonyl (C=O) groups excluding carboxylic acids is 1. The molecule has 28 heavy (non-hydrogen) atoms. The Bertz CT molecular complexity index is 1020. The van der Waals surface area contributed by atoms with Crippen molar-refractivity contribution in [3.05, 3.63) is 69.8 Å². The van der Waals surface area contributed by atoms with E-state index in [9.17, 15) is 9.59 Å². The average Bonchev–Trinajstić information content (AvgIpc) is 3.02. The molecule has 8 nitrogen and oxygen atoms in total. The lowest BCUT2D eigenvalue weighted by atomic mass is 10.2. The number of benzene rings is 1. The highest BCUT2D eigenvalue weighted by atomic mass is 16.5. The predicted octanol–water partition coefficient (Wildman–Crippen LogP) is 1.87. The topological polar surface area (TPSA) is 91.0 Å². The number of carbonyl (C=O) groups is 1. The molecule has 2 heterocycles. The van der Waals surface area contributed by atoms with Crippen molar-refractivity contribution < 1.29 is 9.53 Å². The van der Waals surface area contributed by atoms with Crippen LogP contribution in [0.5, 0.6) is 5.75 Å².